The number of carboxylic acid groups (broad SMARTS) is 1. The Bertz CT molecular complexity index is 59.3. The van der Waals surface area contributed by atoms with E-state index in [4.69, 9.17) is 9.90 Å². The van der Waals surface area contributed by atoms with Gasteiger partial charge in [-0.3, -0.25) is 4.79 Å². The summed E-state index contributed by atoms with van der Waals surface area (Å²) >= 11 is 0. The minimum atomic E-state index is -0.833. The van der Waals surface area contributed by atoms with Crippen molar-refractivity contribution in [1.29, 1.82) is 0 Å². The normalized spacial score (nSPS) is 2.50. The van der Waals surface area contributed by atoms with Gasteiger partial charge < -0.3 is 12.2 Å². The van der Waals surface area contributed by atoms with Crippen molar-refractivity contribution in [3.05, 3.63) is 0 Å². The number of aliphatic carboxylic acids is 1. The van der Waals surface area contributed by atoms with Crippen molar-refractivity contribution in [3.8, 4) is 0 Å². The van der Waals surface area contributed by atoms with E-state index >= 15 is 0 Å². The molecule has 2 nitrogen and oxygen atoms in total. The third-order valence-corrected chi connectivity index (χ3v) is 0. The number of carbonyl (C=O) groups is 1. The van der Waals surface area contributed by atoms with Crippen molar-refractivity contribution in [3.63, 3.8) is 0 Å². The number of carboxylic acids is 1. The monoisotopic (exact) mass is 184 g/mol. The Morgan fingerprint density at radius 3 is 1.20 bits per heavy atom. The van der Waals surface area contributed by atoms with Gasteiger partial charge in [0.05, 0.1) is 0 Å². The van der Waals surface area contributed by atoms with Crippen LogP contribution in [0.15, 0.2) is 0 Å². The molecule has 0 saturated heterocycles. The van der Waals surface area contributed by atoms with Crippen LogP contribution in [-0.2, 0) is 4.79 Å². The van der Waals surface area contributed by atoms with Crippen molar-refractivity contribution in [2.75, 3.05) is 0 Å². The average molecular weight is 184 g/mol. The molecule has 0 spiro atoms. The molecule has 0 saturated carbocycles. The molecule has 0 aromatic rings. The summed E-state index contributed by atoms with van der Waals surface area (Å²) in [5, 5.41) is 7.42. The Kier molecular flexibility index (Phi) is 185. The van der Waals surface area contributed by atoms with Gasteiger partial charge in [-0.1, -0.05) is 0 Å². The molecule has 0 bridgehead atoms. The maximum absolute atomic E-state index is 9.00. The molecule has 0 heterocycles. The third kappa shape index (κ3) is 91.7. The first-order valence-electron chi connectivity index (χ1n) is 0.928. The van der Waals surface area contributed by atoms with E-state index in [1.165, 1.54) is 0 Å². The molecule has 0 aromatic carbocycles. The quantitative estimate of drug-likeness (QED) is 0.380. The zero-order chi connectivity index (χ0) is 3.58. The van der Waals surface area contributed by atoms with Crippen LogP contribution in [0.4, 0.5) is 0 Å². The first kappa shape index (κ1) is 48.4. The molecular formula is C2H10ClLi2Na3O2. The maximum atomic E-state index is 9.00. The average Bonchev–Trinajstić information content (AvgIpc) is 0.811. The van der Waals surface area contributed by atoms with Crippen molar-refractivity contribution in [2.45, 2.75) is 6.92 Å². The second kappa shape index (κ2) is 38.3. The van der Waals surface area contributed by atoms with Gasteiger partial charge >= 0.3 is 126 Å². The molecule has 0 aliphatic heterocycles. The number of rotatable bonds is 0. The van der Waals surface area contributed by atoms with Crippen LogP contribution in [0.5, 0.6) is 0 Å². The molecule has 0 amide bonds. The number of hydrogen-bond acceptors (Lipinski definition) is 1. The van der Waals surface area contributed by atoms with Gasteiger partial charge in [-0.25, -0.2) is 0 Å². The molecule has 0 radical (unpaired) electrons. The number of halogens is 1. The molecular weight excluding hydrogens is 174 g/mol. The Balaban J connectivity index is -0.000000000818. The van der Waals surface area contributed by atoms with Gasteiger partial charge in [0.25, 0.3) is 5.97 Å². The smallest absolute Gasteiger partial charge is 1.00 e. The summed E-state index contributed by atoms with van der Waals surface area (Å²) < 4.78 is 0. The molecule has 0 aromatic heterocycles. The molecule has 8 heteroatoms. The van der Waals surface area contributed by atoms with Gasteiger partial charge in [0.1, 0.15) is 0 Å². The fourth-order valence-electron chi connectivity index (χ4n) is 0. The van der Waals surface area contributed by atoms with Crippen LogP contribution in [0.25, 0.3) is 0 Å². The Morgan fingerprint density at radius 1 is 1.20 bits per heavy atom. The van der Waals surface area contributed by atoms with Gasteiger partial charge in [-0.05, 0) is 0 Å². The van der Waals surface area contributed by atoms with Crippen molar-refractivity contribution in [2.24, 2.45) is 0 Å². The minimum absolute atomic E-state index is 0. The van der Waals surface area contributed by atoms with Crippen LogP contribution in [0.2, 0.25) is 0 Å². The Morgan fingerprint density at radius 2 is 1.20 bits per heavy atom. The van der Waals surface area contributed by atoms with Gasteiger partial charge in [0, 0.05) is 6.92 Å². The zero-order valence-corrected chi connectivity index (χ0v) is 14.6. The van der Waals surface area contributed by atoms with E-state index in [0.29, 0.717) is 0 Å². The van der Waals surface area contributed by atoms with E-state index in [1.54, 1.807) is 0 Å². The predicted octanol–water partition coefficient (Wildman–Crippen LogP) is -13.9. The minimum Gasteiger partial charge on any atom is -1.00 e. The second-order valence-corrected chi connectivity index (χ2v) is 0.519. The van der Waals surface area contributed by atoms with Gasteiger partial charge in [-0.2, -0.15) is 0 Å². The molecule has 1 N–H and O–H groups in total. The van der Waals surface area contributed by atoms with Crippen LogP contribution < -0.4 is 126 Å². The first-order chi connectivity index (χ1) is 1.73. The van der Waals surface area contributed by atoms with E-state index in [9.17, 15) is 0 Å². The molecule has 0 aliphatic carbocycles. The molecule has 0 rings (SSSR count). The van der Waals surface area contributed by atoms with E-state index in [-0.39, 0.29) is 146 Å². The van der Waals surface area contributed by atoms with Gasteiger partial charge in [0.15, 0.2) is 0 Å². The molecule has 0 fully saturated rings. The zero-order valence-electron chi connectivity index (χ0n) is 12.8. The van der Waals surface area contributed by atoms with E-state index in [0.717, 1.165) is 6.92 Å². The van der Waals surface area contributed by atoms with Crippen LogP contribution in [-0.4, -0.2) is 11.1 Å². The summed E-state index contributed by atoms with van der Waals surface area (Å²) in [6, 6.07) is 0. The summed E-state index contributed by atoms with van der Waals surface area (Å²) in [6.45, 7) is 1.08. The second-order valence-electron chi connectivity index (χ2n) is 0.519. The largest absolute Gasteiger partial charge is 1.00 e. The van der Waals surface area contributed by atoms with E-state index in [1.807, 2.05) is 0 Å². The summed E-state index contributed by atoms with van der Waals surface area (Å²) in [4.78, 5) is 9.00. The molecule has 0 unspecified atom stereocenters. The van der Waals surface area contributed by atoms with E-state index < -0.39 is 5.97 Å². The predicted molar refractivity (Wildman–Crippen MR) is 26.1 cm³/mol. The van der Waals surface area contributed by atoms with Crippen molar-refractivity contribution in [1.82, 2.24) is 0 Å². The Hall–Kier alpha value is 3.95. The Labute approximate surface area is 165 Å². The fraction of sp³-hybridized carbons (Fsp3) is 0.500. The van der Waals surface area contributed by atoms with Crippen molar-refractivity contribution < 1.29 is 143 Å². The number of hydrogen-bond donors (Lipinski definition) is 1. The van der Waals surface area contributed by atoms with Crippen LogP contribution in [0.3, 0.4) is 0 Å². The summed E-state index contributed by atoms with van der Waals surface area (Å²) in [5.74, 6) is -0.833. The van der Waals surface area contributed by atoms with Crippen LogP contribution >= 0.6 is 12.4 Å². The molecule has 42 valence electrons. The fourth-order valence-corrected chi connectivity index (χ4v) is 0. The third-order valence-electron chi connectivity index (χ3n) is 0. The summed E-state index contributed by atoms with van der Waals surface area (Å²) in [6.07, 6.45) is 0. The van der Waals surface area contributed by atoms with Gasteiger partial charge in [-0.15, -0.1) is 12.4 Å². The van der Waals surface area contributed by atoms with Crippen LogP contribution in [0, 0.1) is 0 Å². The van der Waals surface area contributed by atoms with E-state index in [2.05, 4.69) is 0 Å². The van der Waals surface area contributed by atoms with Crippen LogP contribution in [0.1, 0.15) is 14.1 Å². The van der Waals surface area contributed by atoms with Crippen molar-refractivity contribution >= 4 is 18.4 Å². The van der Waals surface area contributed by atoms with Gasteiger partial charge in [0.2, 0.25) is 0 Å². The molecule has 10 heavy (non-hydrogen) atoms. The maximum Gasteiger partial charge on any atom is 1.00 e. The first-order valence-corrected chi connectivity index (χ1v) is 0.928. The standard InChI is InChI=1S/C2H4O2.ClH.2Li.3Na.5H/c1-2(3)4;;;;;;;;;;;/h1H3,(H,3,4);1H;;;;;;;;;;/q;;5*+1;5*-1. The summed E-state index contributed by atoms with van der Waals surface area (Å²) in [7, 11) is 0. The molecule has 0 atom stereocenters. The topological polar surface area (TPSA) is 37.3 Å². The molecule has 0 aliphatic rings. The summed E-state index contributed by atoms with van der Waals surface area (Å²) in [5.41, 5.74) is 0. The SMILES string of the molecule is CC(=O)O.Cl.[H-].[H-].[H-].[H-].[H-].[Li+].[Li+].[Na+].[Na+].[Na+].